The molecule has 0 atom stereocenters. The number of rotatable bonds is 4. The number of benzene rings is 1. The van der Waals surface area contributed by atoms with E-state index in [4.69, 9.17) is 0 Å². The molecule has 0 unspecified atom stereocenters. The van der Waals surface area contributed by atoms with Crippen LogP contribution in [-0.2, 0) is 10.0 Å². The Hall–Kier alpha value is -1.93. The first-order chi connectivity index (χ1) is 11.8. The highest BCUT2D eigenvalue weighted by molar-refractivity contribution is 7.93. The van der Waals surface area contributed by atoms with Crippen LogP contribution < -0.4 is 9.62 Å². The van der Waals surface area contributed by atoms with Crippen molar-refractivity contribution in [2.45, 2.75) is 33.1 Å². The summed E-state index contributed by atoms with van der Waals surface area (Å²) in [5.41, 5.74) is 2.07. The third-order valence-electron chi connectivity index (χ3n) is 4.03. The minimum Gasteiger partial charge on any atom is -0.321 e. The summed E-state index contributed by atoms with van der Waals surface area (Å²) in [5, 5.41) is 3.73. The van der Waals surface area contributed by atoms with Gasteiger partial charge in [0.15, 0.2) is 0 Å². The lowest BCUT2D eigenvalue weighted by atomic mass is 10.1. The van der Waals surface area contributed by atoms with Crippen molar-refractivity contribution in [2.24, 2.45) is 0 Å². The van der Waals surface area contributed by atoms with Crippen molar-refractivity contribution in [3.63, 3.8) is 0 Å². The molecule has 1 aliphatic heterocycles. The molecule has 134 valence electrons. The number of sulfonamides is 1. The van der Waals surface area contributed by atoms with Crippen molar-refractivity contribution < 1.29 is 13.2 Å². The number of anilines is 2. The number of amides is 1. The van der Waals surface area contributed by atoms with Gasteiger partial charge in [0, 0.05) is 12.2 Å². The van der Waals surface area contributed by atoms with Crippen LogP contribution in [0.25, 0.3) is 0 Å². The topological polar surface area (TPSA) is 79.4 Å². The van der Waals surface area contributed by atoms with Gasteiger partial charge in [0.25, 0.3) is 5.91 Å². The van der Waals surface area contributed by atoms with Gasteiger partial charge in [-0.2, -0.15) is 0 Å². The maximum Gasteiger partial charge on any atom is 0.267 e. The maximum atomic E-state index is 12.5. The van der Waals surface area contributed by atoms with Crippen molar-refractivity contribution >= 4 is 38.6 Å². The molecule has 3 rings (SSSR count). The summed E-state index contributed by atoms with van der Waals surface area (Å²) in [7, 11) is -3.19. The summed E-state index contributed by atoms with van der Waals surface area (Å²) in [6.45, 7) is 6.41. The van der Waals surface area contributed by atoms with E-state index in [2.05, 4.69) is 10.3 Å². The average Bonchev–Trinajstić information content (AvgIpc) is 3.10. The van der Waals surface area contributed by atoms with Gasteiger partial charge in [-0.3, -0.25) is 9.10 Å². The molecule has 1 aliphatic rings. The summed E-state index contributed by atoms with van der Waals surface area (Å²) in [6, 6.07) is 6.90. The van der Waals surface area contributed by atoms with E-state index in [0.717, 1.165) is 10.7 Å². The summed E-state index contributed by atoms with van der Waals surface area (Å²) >= 11 is 1.38. The SMILES string of the molecule is Cc1nc(C(C)C)c(C(=O)Nc2ccc(N3CCCS3(=O)=O)cc2)s1. The minimum absolute atomic E-state index is 0.174. The number of aryl methyl sites for hydroxylation is 1. The van der Waals surface area contributed by atoms with E-state index >= 15 is 0 Å². The second kappa shape index (κ2) is 6.76. The van der Waals surface area contributed by atoms with Gasteiger partial charge in [-0.1, -0.05) is 13.8 Å². The number of carbonyl (C=O) groups is 1. The predicted octanol–water partition coefficient (Wildman–Crippen LogP) is 3.37. The molecule has 1 saturated heterocycles. The molecule has 6 nitrogen and oxygen atoms in total. The van der Waals surface area contributed by atoms with Crippen molar-refractivity contribution in [3.05, 3.63) is 39.8 Å². The Morgan fingerprint density at radius 1 is 1.28 bits per heavy atom. The third-order valence-corrected chi connectivity index (χ3v) is 6.88. The molecule has 8 heteroatoms. The highest BCUT2D eigenvalue weighted by atomic mass is 32.2. The summed E-state index contributed by atoms with van der Waals surface area (Å²) in [6.07, 6.45) is 0.642. The first kappa shape index (κ1) is 17.9. The van der Waals surface area contributed by atoms with Gasteiger partial charge in [-0.25, -0.2) is 13.4 Å². The molecule has 1 amide bonds. The molecule has 0 aliphatic carbocycles. The van der Waals surface area contributed by atoms with Crippen molar-refractivity contribution in [1.82, 2.24) is 4.98 Å². The van der Waals surface area contributed by atoms with Gasteiger partial charge in [-0.15, -0.1) is 11.3 Å². The predicted molar refractivity (Wildman–Crippen MR) is 101 cm³/mol. The number of carbonyl (C=O) groups excluding carboxylic acids is 1. The Labute approximate surface area is 151 Å². The fourth-order valence-corrected chi connectivity index (χ4v) is 5.36. The molecule has 0 spiro atoms. The summed E-state index contributed by atoms with van der Waals surface area (Å²) in [4.78, 5) is 17.6. The first-order valence-corrected chi connectivity index (χ1v) is 10.6. The molecule has 2 heterocycles. The lowest BCUT2D eigenvalue weighted by molar-refractivity contribution is 0.102. The van der Waals surface area contributed by atoms with E-state index in [1.807, 2.05) is 20.8 Å². The molecule has 0 bridgehead atoms. The van der Waals surface area contributed by atoms with Crippen LogP contribution in [0.3, 0.4) is 0 Å². The Morgan fingerprint density at radius 2 is 1.96 bits per heavy atom. The fraction of sp³-hybridized carbons (Fsp3) is 0.412. The van der Waals surface area contributed by atoms with E-state index in [1.165, 1.54) is 15.6 Å². The Kier molecular flexibility index (Phi) is 4.83. The smallest absolute Gasteiger partial charge is 0.267 e. The van der Waals surface area contributed by atoms with E-state index in [1.54, 1.807) is 24.3 Å². The Balaban J connectivity index is 1.77. The second-order valence-corrected chi connectivity index (χ2v) is 9.56. The van der Waals surface area contributed by atoms with E-state index in [9.17, 15) is 13.2 Å². The van der Waals surface area contributed by atoms with Crippen LogP contribution in [0.1, 0.15) is 46.6 Å². The molecule has 0 saturated carbocycles. The van der Waals surface area contributed by atoms with Crippen molar-refractivity contribution in [2.75, 3.05) is 21.9 Å². The van der Waals surface area contributed by atoms with Gasteiger partial charge in [-0.05, 0) is 43.5 Å². The number of thiazole rings is 1. The molecule has 1 fully saturated rings. The van der Waals surface area contributed by atoms with E-state index < -0.39 is 10.0 Å². The number of nitrogens with one attached hydrogen (secondary N) is 1. The quantitative estimate of drug-likeness (QED) is 0.883. The zero-order chi connectivity index (χ0) is 18.2. The fourth-order valence-electron chi connectivity index (χ4n) is 2.83. The zero-order valence-electron chi connectivity index (χ0n) is 14.4. The largest absolute Gasteiger partial charge is 0.321 e. The molecular formula is C17H21N3O3S2. The molecular weight excluding hydrogens is 358 g/mol. The van der Waals surface area contributed by atoms with Crippen LogP contribution >= 0.6 is 11.3 Å². The van der Waals surface area contributed by atoms with Crippen LogP contribution in [0.2, 0.25) is 0 Å². The first-order valence-electron chi connectivity index (χ1n) is 8.17. The third kappa shape index (κ3) is 3.69. The number of hydrogen-bond donors (Lipinski definition) is 1. The highest BCUT2D eigenvalue weighted by Crippen LogP contribution is 2.28. The maximum absolute atomic E-state index is 12.5. The van der Waals surface area contributed by atoms with Crippen LogP contribution in [0.5, 0.6) is 0 Å². The Bertz CT molecular complexity index is 886. The van der Waals surface area contributed by atoms with Gasteiger partial charge < -0.3 is 5.32 Å². The van der Waals surface area contributed by atoms with Gasteiger partial charge in [0.1, 0.15) is 4.88 Å². The van der Waals surface area contributed by atoms with Crippen LogP contribution in [0.15, 0.2) is 24.3 Å². The standard InChI is InChI=1S/C17H21N3O3S2/c1-11(2)15-16(24-12(3)18-15)17(21)19-13-5-7-14(8-6-13)20-9-4-10-25(20,22)23/h5-8,11H,4,9-10H2,1-3H3,(H,19,21). The molecule has 2 aromatic rings. The van der Waals surface area contributed by atoms with Gasteiger partial charge in [0.2, 0.25) is 10.0 Å². The minimum atomic E-state index is -3.19. The van der Waals surface area contributed by atoms with Gasteiger partial charge >= 0.3 is 0 Å². The Morgan fingerprint density at radius 3 is 2.52 bits per heavy atom. The van der Waals surface area contributed by atoms with Gasteiger partial charge in [0.05, 0.1) is 22.1 Å². The monoisotopic (exact) mass is 379 g/mol. The summed E-state index contributed by atoms with van der Waals surface area (Å²) in [5.74, 6) is 0.179. The molecule has 0 radical (unpaired) electrons. The van der Waals surface area contributed by atoms with Crippen molar-refractivity contribution in [3.8, 4) is 0 Å². The normalized spacial score (nSPS) is 16.4. The zero-order valence-corrected chi connectivity index (χ0v) is 16.1. The van der Waals surface area contributed by atoms with E-state index in [-0.39, 0.29) is 17.6 Å². The van der Waals surface area contributed by atoms with Crippen molar-refractivity contribution in [1.29, 1.82) is 0 Å². The van der Waals surface area contributed by atoms with Crippen LogP contribution in [0.4, 0.5) is 11.4 Å². The number of aromatic nitrogens is 1. The van der Waals surface area contributed by atoms with Crippen LogP contribution in [-0.4, -0.2) is 31.6 Å². The molecule has 25 heavy (non-hydrogen) atoms. The molecule has 1 N–H and O–H groups in total. The lowest BCUT2D eigenvalue weighted by Crippen LogP contribution is -2.25. The van der Waals surface area contributed by atoms with E-state index in [0.29, 0.717) is 29.2 Å². The second-order valence-electron chi connectivity index (χ2n) is 6.34. The highest BCUT2D eigenvalue weighted by Gasteiger charge is 2.28. The van der Waals surface area contributed by atoms with Crippen LogP contribution in [0, 0.1) is 6.92 Å². The molecule has 1 aromatic heterocycles. The molecule has 1 aromatic carbocycles. The number of hydrogen-bond acceptors (Lipinski definition) is 5. The lowest BCUT2D eigenvalue weighted by Gasteiger charge is -2.17. The number of nitrogens with zero attached hydrogens (tertiary/aromatic N) is 2. The summed E-state index contributed by atoms with van der Waals surface area (Å²) < 4.78 is 25.3. The average molecular weight is 380 g/mol.